The molecule has 0 bridgehead atoms. The van der Waals surface area contributed by atoms with E-state index in [1.165, 1.54) is 25.7 Å². The van der Waals surface area contributed by atoms with E-state index in [1.807, 2.05) is 19.1 Å². The monoisotopic (exact) mass is 243 g/mol. The van der Waals surface area contributed by atoms with Gasteiger partial charge in [-0.2, -0.15) is 5.26 Å². The fraction of sp³-hybridized carbons (Fsp3) is 0.600. The Balaban J connectivity index is 1.97. The van der Waals surface area contributed by atoms with E-state index in [0.717, 1.165) is 29.9 Å². The summed E-state index contributed by atoms with van der Waals surface area (Å²) in [5.41, 5.74) is 1.58. The standard InChI is InChI=1S/C15H21N3/c1-11-5-3-4-6-14(11)10-17-15-8-13(9-16)7-12(2)18-15/h7-8,11,14H,3-6,10H2,1-2H3,(H,17,18). The molecule has 0 aromatic carbocycles. The largest absolute Gasteiger partial charge is 0.370 e. The van der Waals surface area contributed by atoms with Crippen LogP contribution in [0.4, 0.5) is 5.82 Å². The van der Waals surface area contributed by atoms with Gasteiger partial charge in [-0.3, -0.25) is 0 Å². The van der Waals surface area contributed by atoms with Crippen molar-refractivity contribution in [3.05, 3.63) is 23.4 Å². The molecule has 0 radical (unpaired) electrons. The fourth-order valence-electron chi connectivity index (χ4n) is 2.76. The van der Waals surface area contributed by atoms with Crippen LogP contribution in [0.25, 0.3) is 0 Å². The SMILES string of the molecule is Cc1cc(C#N)cc(NCC2CCCCC2C)n1. The Labute approximate surface area is 109 Å². The second kappa shape index (κ2) is 5.86. The molecule has 1 aromatic rings. The summed E-state index contributed by atoms with van der Waals surface area (Å²) in [5.74, 6) is 2.38. The normalized spacial score (nSPS) is 23.4. The maximum atomic E-state index is 8.94. The minimum Gasteiger partial charge on any atom is -0.370 e. The maximum absolute atomic E-state index is 8.94. The predicted molar refractivity (Wildman–Crippen MR) is 73.3 cm³/mol. The third-order valence-electron chi connectivity index (χ3n) is 3.92. The minimum atomic E-state index is 0.682. The molecular formula is C15H21N3. The average Bonchev–Trinajstić information content (AvgIpc) is 2.37. The van der Waals surface area contributed by atoms with E-state index in [9.17, 15) is 0 Å². The molecule has 1 saturated carbocycles. The van der Waals surface area contributed by atoms with Crippen molar-refractivity contribution in [2.75, 3.05) is 11.9 Å². The molecule has 1 aliphatic carbocycles. The van der Waals surface area contributed by atoms with E-state index in [0.29, 0.717) is 5.56 Å². The Kier molecular flexibility index (Phi) is 4.19. The van der Waals surface area contributed by atoms with E-state index >= 15 is 0 Å². The van der Waals surface area contributed by atoms with Gasteiger partial charge in [-0.1, -0.05) is 26.2 Å². The van der Waals surface area contributed by atoms with Crippen LogP contribution < -0.4 is 5.32 Å². The zero-order valence-electron chi connectivity index (χ0n) is 11.2. The lowest BCUT2D eigenvalue weighted by atomic mass is 9.80. The summed E-state index contributed by atoms with van der Waals surface area (Å²) in [4.78, 5) is 4.43. The van der Waals surface area contributed by atoms with Crippen LogP contribution in [0.5, 0.6) is 0 Å². The van der Waals surface area contributed by atoms with Gasteiger partial charge < -0.3 is 5.32 Å². The molecule has 3 nitrogen and oxygen atoms in total. The number of hydrogen-bond donors (Lipinski definition) is 1. The van der Waals surface area contributed by atoms with E-state index in [4.69, 9.17) is 5.26 Å². The molecule has 0 amide bonds. The Morgan fingerprint density at radius 3 is 2.89 bits per heavy atom. The summed E-state index contributed by atoms with van der Waals surface area (Å²) < 4.78 is 0. The van der Waals surface area contributed by atoms with E-state index in [1.54, 1.807) is 0 Å². The predicted octanol–water partition coefficient (Wildman–Crippen LogP) is 3.50. The van der Waals surface area contributed by atoms with Crippen LogP contribution in [-0.4, -0.2) is 11.5 Å². The lowest BCUT2D eigenvalue weighted by Crippen LogP contribution is -2.24. The third kappa shape index (κ3) is 3.22. The number of pyridine rings is 1. The molecule has 1 fully saturated rings. The van der Waals surface area contributed by atoms with Crippen molar-refractivity contribution >= 4 is 5.82 Å². The summed E-state index contributed by atoms with van der Waals surface area (Å²) >= 11 is 0. The van der Waals surface area contributed by atoms with Crippen LogP contribution >= 0.6 is 0 Å². The second-order valence-electron chi connectivity index (χ2n) is 5.40. The van der Waals surface area contributed by atoms with Gasteiger partial charge in [-0.25, -0.2) is 4.98 Å². The number of nitriles is 1. The van der Waals surface area contributed by atoms with Crippen LogP contribution in [0, 0.1) is 30.1 Å². The Morgan fingerprint density at radius 2 is 2.17 bits per heavy atom. The molecule has 96 valence electrons. The zero-order valence-corrected chi connectivity index (χ0v) is 11.2. The van der Waals surface area contributed by atoms with Crippen LogP contribution in [0.15, 0.2) is 12.1 Å². The third-order valence-corrected chi connectivity index (χ3v) is 3.92. The topological polar surface area (TPSA) is 48.7 Å². The second-order valence-corrected chi connectivity index (χ2v) is 5.40. The molecular weight excluding hydrogens is 222 g/mol. The fourth-order valence-corrected chi connectivity index (χ4v) is 2.76. The van der Waals surface area contributed by atoms with E-state index in [2.05, 4.69) is 23.3 Å². The summed E-state index contributed by atoms with van der Waals surface area (Å²) in [6.45, 7) is 5.24. The van der Waals surface area contributed by atoms with Gasteiger partial charge in [0, 0.05) is 12.2 Å². The number of anilines is 1. The molecule has 2 atom stereocenters. The molecule has 1 aromatic heterocycles. The van der Waals surface area contributed by atoms with E-state index < -0.39 is 0 Å². The number of aromatic nitrogens is 1. The van der Waals surface area contributed by atoms with Crippen molar-refractivity contribution in [3.63, 3.8) is 0 Å². The highest BCUT2D eigenvalue weighted by atomic mass is 15.0. The minimum absolute atomic E-state index is 0.682. The summed E-state index contributed by atoms with van der Waals surface area (Å²) in [5, 5.41) is 12.3. The van der Waals surface area contributed by atoms with Crippen molar-refractivity contribution < 1.29 is 0 Å². The van der Waals surface area contributed by atoms with Gasteiger partial charge in [0.05, 0.1) is 11.6 Å². The van der Waals surface area contributed by atoms with Crippen molar-refractivity contribution in [1.82, 2.24) is 4.98 Å². The van der Waals surface area contributed by atoms with Gasteiger partial charge in [-0.15, -0.1) is 0 Å². The van der Waals surface area contributed by atoms with Gasteiger partial charge in [0.2, 0.25) is 0 Å². The first-order valence-corrected chi connectivity index (χ1v) is 6.81. The number of hydrogen-bond acceptors (Lipinski definition) is 3. The highest BCUT2D eigenvalue weighted by Crippen LogP contribution is 2.29. The van der Waals surface area contributed by atoms with Gasteiger partial charge in [0.25, 0.3) is 0 Å². The maximum Gasteiger partial charge on any atom is 0.127 e. The van der Waals surface area contributed by atoms with Crippen molar-refractivity contribution in [3.8, 4) is 6.07 Å². The molecule has 2 rings (SSSR count). The molecule has 0 aliphatic heterocycles. The first kappa shape index (κ1) is 12.9. The number of nitrogens with one attached hydrogen (secondary N) is 1. The Bertz CT molecular complexity index is 448. The molecule has 1 heterocycles. The molecule has 0 saturated heterocycles. The average molecular weight is 243 g/mol. The number of rotatable bonds is 3. The Morgan fingerprint density at radius 1 is 1.39 bits per heavy atom. The van der Waals surface area contributed by atoms with Crippen LogP contribution in [-0.2, 0) is 0 Å². The van der Waals surface area contributed by atoms with Crippen LogP contribution in [0.2, 0.25) is 0 Å². The molecule has 1 aliphatic rings. The van der Waals surface area contributed by atoms with E-state index in [-0.39, 0.29) is 0 Å². The first-order chi connectivity index (χ1) is 8.69. The summed E-state index contributed by atoms with van der Waals surface area (Å²) in [6.07, 6.45) is 5.38. The number of aryl methyl sites for hydroxylation is 1. The smallest absolute Gasteiger partial charge is 0.127 e. The van der Waals surface area contributed by atoms with Crippen molar-refractivity contribution in [1.29, 1.82) is 5.26 Å². The Hall–Kier alpha value is -1.56. The molecule has 1 N–H and O–H groups in total. The van der Waals surface area contributed by atoms with Crippen LogP contribution in [0.1, 0.15) is 43.9 Å². The van der Waals surface area contributed by atoms with Crippen molar-refractivity contribution in [2.45, 2.75) is 39.5 Å². The highest BCUT2D eigenvalue weighted by Gasteiger charge is 2.20. The lowest BCUT2D eigenvalue weighted by Gasteiger charge is -2.29. The summed E-state index contributed by atoms with van der Waals surface area (Å²) in [7, 11) is 0. The molecule has 18 heavy (non-hydrogen) atoms. The first-order valence-electron chi connectivity index (χ1n) is 6.81. The lowest BCUT2D eigenvalue weighted by molar-refractivity contribution is 0.268. The molecule has 0 spiro atoms. The highest BCUT2D eigenvalue weighted by molar-refractivity contribution is 5.44. The molecule has 3 heteroatoms. The summed E-state index contributed by atoms with van der Waals surface area (Å²) in [6, 6.07) is 5.82. The zero-order chi connectivity index (χ0) is 13.0. The van der Waals surface area contributed by atoms with Crippen LogP contribution in [0.3, 0.4) is 0 Å². The van der Waals surface area contributed by atoms with Crippen molar-refractivity contribution in [2.24, 2.45) is 11.8 Å². The van der Waals surface area contributed by atoms with Gasteiger partial charge in [0.15, 0.2) is 0 Å². The quantitative estimate of drug-likeness (QED) is 0.884. The van der Waals surface area contributed by atoms with Gasteiger partial charge in [-0.05, 0) is 37.3 Å². The van der Waals surface area contributed by atoms with Gasteiger partial charge in [0.1, 0.15) is 5.82 Å². The molecule has 2 unspecified atom stereocenters. The van der Waals surface area contributed by atoms with Gasteiger partial charge >= 0.3 is 0 Å². The number of nitrogens with zero attached hydrogens (tertiary/aromatic N) is 2.